The molecule has 0 unspecified atom stereocenters. The van der Waals surface area contributed by atoms with Crippen molar-refractivity contribution in [2.75, 3.05) is 19.6 Å². The summed E-state index contributed by atoms with van der Waals surface area (Å²) in [6.45, 7) is 7.50. The van der Waals surface area contributed by atoms with E-state index in [1.807, 2.05) is 13.8 Å². The molecule has 0 bridgehead atoms. The Kier molecular flexibility index (Phi) is 7.36. The highest BCUT2D eigenvalue weighted by Gasteiger charge is 2.50. The number of halogens is 1. The molecule has 1 aromatic rings. The summed E-state index contributed by atoms with van der Waals surface area (Å²) < 4.78 is 0. The van der Waals surface area contributed by atoms with Gasteiger partial charge in [-0.2, -0.15) is 0 Å². The van der Waals surface area contributed by atoms with Crippen molar-refractivity contribution in [3.05, 3.63) is 34.9 Å². The summed E-state index contributed by atoms with van der Waals surface area (Å²) in [4.78, 5) is 37.4. The van der Waals surface area contributed by atoms with E-state index in [1.54, 1.807) is 43.0 Å². The Morgan fingerprint density at radius 1 is 1.20 bits per heavy atom. The third-order valence-corrected chi connectivity index (χ3v) is 5.95. The molecule has 2 rings (SSSR count). The van der Waals surface area contributed by atoms with E-state index in [2.05, 4.69) is 10.6 Å². The van der Waals surface area contributed by atoms with Gasteiger partial charge in [-0.05, 0) is 30.0 Å². The van der Waals surface area contributed by atoms with Crippen molar-refractivity contribution in [3.8, 4) is 0 Å². The normalized spacial score (nSPS) is 21.8. The first-order valence-electron chi connectivity index (χ1n) is 9.91. The first kappa shape index (κ1) is 24.0. The second-order valence-corrected chi connectivity index (χ2v) is 9.14. The van der Waals surface area contributed by atoms with Crippen LogP contribution in [-0.4, -0.2) is 58.7 Å². The Balaban J connectivity index is 2.14. The van der Waals surface area contributed by atoms with Crippen LogP contribution in [0.2, 0.25) is 5.02 Å². The minimum absolute atomic E-state index is 0.201. The second kappa shape index (κ2) is 9.22. The van der Waals surface area contributed by atoms with Gasteiger partial charge < -0.3 is 25.7 Å². The number of amides is 3. The standard InChI is InChI=1S/C21H30ClN3O5/c1-13(2)17(24-19(29)23-11-16(26)27)18(28)25-10-9-21(30,20(3,4)12-25)14-5-7-15(22)8-6-14/h5-8,13,17,30H,9-12H2,1-4H3,(H,26,27)(H2,23,24,29)/t17-,21+/m1/s1. The molecule has 9 heteroatoms. The average molecular weight is 440 g/mol. The number of carbonyl (C=O) groups excluding carboxylic acids is 2. The molecular weight excluding hydrogens is 410 g/mol. The summed E-state index contributed by atoms with van der Waals surface area (Å²) in [6, 6.07) is 5.54. The molecule has 8 nitrogen and oxygen atoms in total. The summed E-state index contributed by atoms with van der Waals surface area (Å²) in [5.41, 5.74) is -1.04. The van der Waals surface area contributed by atoms with Crippen molar-refractivity contribution in [1.82, 2.24) is 15.5 Å². The van der Waals surface area contributed by atoms with Crippen LogP contribution in [0.25, 0.3) is 0 Å². The average Bonchev–Trinajstić information content (AvgIpc) is 2.66. The monoisotopic (exact) mass is 439 g/mol. The van der Waals surface area contributed by atoms with Crippen molar-refractivity contribution >= 4 is 29.5 Å². The topological polar surface area (TPSA) is 119 Å². The molecule has 4 N–H and O–H groups in total. The summed E-state index contributed by atoms with van der Waals surface area (Å²) in [7, 11) is 0. The Hall–Kier alpha value is -2.32. The number of hydrogen-bond donors (Lipinski definition) is 4. The number of rotatable bonds is 6. The zero-order valence-corrected chi connectivity index (χ0v) is 18.5. The van der Waals surface area contributed by atoms with Gasteiger partial charge in [-0.25, -0.2) is 4.79 Å². The fraction of sp³-hybridized carbons (Fsp3) is 0.571. The molecule has 1 aromatic carbocycles. The van der Waals surface area contributed by atoms with Gasteiger partial charge in [-0.15, -0.1) is 0 Å². The largest absolute Gasteiger partial charge is 0.480 e. The van der Waals surface area contributed by atoms with Gasteiger partial charge in [-0.3, -0.25) is 9.59 Å². The number of nitrogens with zero attached hydrogens (tertiary/aromatic N) is 1. The van der Waals surface area contributed by atoms with Crippen LogP contribution >= 0.6 is 11.6 Å². The van der Waals surface area contributed by atoms with E-state index < -0.39 is 35.6 Å². The van der Waals surface area contributed by atoms with Crippen LogP contribution in [0.1, 0.15) is 39.7 Å². The summed E-state index contributed by atoms with van der Waals surface area (Å²) >= 11 is 5.97. The van der Waals surface area contributed by atoms with Crippen LogP contribution in [0.5, 0.6) is 0 Å². The highest BCUT2D eigenvalue weighted by Crippen LogP contribution is 2.46. The number of aliphatic hydroxyl groups is 1. The quantitative estimate of drug-likeness (QED) is 0.541. The number of benzene rings is 1. The number of urea groups is 1. The highest BCUT2D eigenvalue weighted by atomic mass is 35.5. The van der Waals surface area contributed by atoms with Crippen molar-refractivity contribution in [2.45, 2.75) is 45.8 Å². The van der Waals surface area contributed by atoms with E-state index in [0.717, 1.165) is 5.56 Å². The van der Waals surface area contributed by atoms with E-state index in [-0.39, 0.29) is 11.8 Å². The van der Waals surface area contributed by atoms with Gasteiger partial charge in [0, 0.05) is 23.5 Å². The van der Waals surface area contributed by atoms with Gasteiger partial charge in [0.1, 0.15) is 12.6 Å². The minimum Gasteiger partial charge on any atom is -0.480 e. The zero-order chi connectivity index (χ0) is 22.7. The predicted octanol–water partition coefficient (Wildman–Crippen LogP) is 2.19. The van der Waals surface area contributed by atoms with Crippen molar-refractivity contribution < 1.29 is 24.6 Å². The number of carbonyl (C=O) groups is 3. The maximum absolute atomic E-state index is 13.2. The molecule has 1 aliphatic rings. The Morgan fingerprint density at radius 2 is 1.80 bits per heavy atom. The van der Waals surface area contributed by atoms with E-state index in [9.17, 15) is 19.5 Å². The fourth-order valence-corrected chi connectivity index (χ4v) is 3.96. The third-order valence-electron chi connectivity index (χ3n) is 5.70. The lowest BCUT2D eigenvalue weighted by atomic mass is 9.66. The van der Waals surface area contributed by atoms with E-state index >= 15 is 0 Å². The molecule has 2 atom stereocenters. The molecule has 0 saturated carbocycles. The number of piperidine rings is 1. The molecule has 1 fully saturated rings. The first-order valence-corrected chi connectivity index (χ1v) is 10.3. The maximum Gasteiger partial charge on any atom is 0.323 e. The molecule has 1 heterocycles. The third kappa shape index (κ3) is 5.23. The molecule has 0 aliphatic carbocycles. The Morgan fingerprint density at radius 3 is 2.30 bits per heavy atom. The van der Waals surface area contributed by atoms with Crippen molar-refractivity contribution in [1.29, 1.82) is 0 Å². The van der Waals surface area contributed by atoms with Gasteiger partial charge in [0.15, 0.2) is 0 Å². The second-order valence-electron chi connectivity index (χ2n) is 8.70. The molecule has 0 spiro atoms. The minimum atomic E-state index is -1.17. The smallest absolute Gasteiger partial charge is 0.323 e. The molecule has 3 amide bonds. The summed E-state index contributed by atoms with van der Waals surface area (Å²) in [5, 5.41) is 25.5. The van der Waals surface area contributed by atoms with Crippen molar-refractivity contribution in [2.24, 2.45) is 11.3 Å². The number of aliphatic carboxylic acids is 1. The lowest BCUT2D eigenvalue weighted by Crippen LogP contribution is -2.61. The molecule has 0 aromatic heterocycles. The number of carboxylic acids is 1. The van der Waals surface area contributed by atoms with Gasteiger partial charge in [0.25, 0.3) is 0 Å². The molecule has 166 valence electrons. The summed E-state index contributed by atoms with van der Waals surface area (Å²) in [6.07, 6.45) is 0.337. The van der Waals surface area contributed by atoms with Crippen LogP contribution < -0.4 is 10.6 Å². The van der Waals surface area contributed by atoms with Gasteiger partial charge >= 0.3 is 12.0 Å². The van der Waals surface area contributed by atoms with Gasteiger partial charge in [0.2, 0.25) is 5.91 Å². The van der Waals surface area contributed by atoms with E-state index in [4.69, 9.17) is 16.7 Å². The zero-order valence-electron chi connectivity index (χ0n) is 17.7. The van der Waals surface area contributed by atoms with Gasteiger partial charge in [-0.1, -0.05) is 51.4 Å². The number of nitrogens with one attached hydrogen (secondary N) is 2. The van der Waals surface area contributed by atoms with Gasteiger partial charge in [0.05, 0.1) is 5.60 Å². The SMILES string of the molecule is CC(C)[C@@H](NC(=O)NCC(=O)O)C(=O)N1CC[C@](O)(c2ccc(Cl)cc2)C(C)(C)C1. The van der Waals surface area contributed by atoms with E-state index in [0.29, 0.717) is 24.5 Å². The molecule has 30 heavy (non-hydrogen) atoms. The summed E-state index contributed by atoms with van der Waals surface area (Å²) in [5.74, 6) is -1.63. The molecule has 1 aliphatic heterocycles. The van der Waals surface area contributed by atoms with Crippen LogP contribution in [0.15, 0.2) is 24.3 Å². The lowest BCUT2D eigenvalue weighted by Gasteiger charge is -2.51. The fourth-order valence-electron chi connectivity index (χ4n) is 3.83. The van der Waals surface area contributed by atoms with Crippen LogP contribution in [-0.2, 0) is 15.2 Å². The predicted molar refractivity (Wildman–Crippen MR) is 113 cm³/mol. The van der Waals surface area contributed by atoms with Crippen LogP contribution in [0.4, 0.5) is 4.79 Å². The van der Waals surface area contributed by atoms with Crippen molar-refractivity contribution in [3.63, 3.8) is 0 Å². The highest BCUT2D eigenvalue weighted by molar-refractivity contribution is 6.30. The number of carboxylic acid groups (broad SMARTS) is 1. The molecule has 1 saturated heterocycles. The lowest BCUT2D eigenvalue weighted by molar-refractivity contribution is -0.155. The number of hydrogen-bond acceptors (Lipinski definition) is 4. The maximum atomic E-state index is 13.2. The molecular formula is C21H30ClN3O5. The Bertz CT molecular complexity index is 796. The molecule has 0 radical (unpaired) electrons. The van der Waals surface area contributed by atoms with E-state index in [1.165, 1.54) is 0 Å². The Labute approximate surface area is 181 Å². The number of likely N-dealkylation sites (tertiary alicyclic amines) is 1. The first-order chi connectivity index (χ1) is 13.9. The van der Waals surface area contributed by atoms with Crippen LogP contribution in [0, 0.1) is 11.3 Å². The van der Waals surface area contributed by atoms with Crippen LogP contribution in [0.3, 0.4) is 0 Å².